The van der Waals surface area contributed by atoms with E-state index < -0.39 is 23.9 Å². The molecule has 8 aliphatic carbocycles. The number of carboxylic acids is 4. The van der Waals surface area contributed by atoms with Crippen LogP contribution < -0.4 is 0 Å². The second-order valence-corrected chi connectivity index (χ2v) is 12.0. The van der Waals surface area contributed by atoms with Crippen molar-refractivity contribution >= 4 is 23.9 Å². The van der Waals surface area contributed by atoms with E-state index in [0.717, 1.165) is 0 Å². The quantitative estimate of drug-likeness (QED) is 0.142. The van der Waals surface area contributed by atoms with Crippen molar-refractivity contribution in [3.05, 3.63) is 254 Å². The van der Waals surface area contributed by atoms with Crippen molar-refractivity contribution in [3.63, 3.8) is 0 Å². The van der Waals surface area contributed by atoms with Crippen molar-refractivity contribution in [2.45, 2.75) is 27.7 Å². The third-order valence-corrected chi connectivity index (χ3v) is 7.45. The fourth-order valence-electron chi connectivity index (χ4n) is 4.73. The third kappa shape index (κ3) is 40.3. The van der Waals surface area contributed by atoms with Gasteiger partial charge >= 0.3 is 92.2 Å². The van der Waals surface area contributed by atoms with Gasteiger partial charge in [-0.05, 0) is 207 Å². The van der Waals surface area contributed by atoms with E-state index in [1.54, 1.807) is 51.4 Å². The second-order valence-electron chi connectivity index (χ2n) is 12.0. The largest absolute Gasteiger partial charge is 2.00 e. The standard InChI is InChI=1S/4C8H9O3.4C5H5.4Fe.2Rh/c4*1-2-11-7-5-3-4-6(7)8(9)10;4*1-2-4-5-3-1;;;;;;/h4*3-5H,2H2,1H3,(H,9,10);4*1-5H;;;;;;/q;;;;;;;;4*+2;;. The van der Waals surface area contributed by atoms with Gasteiger partial charge in [-0.1, -0.05) is 0 Å². The maximum absolute atomic E-state index is 10.5. The summed E-state index contributed by atoms with van der Waals surface area (Å²) in [5.74, 6) is -2.87. The Hall–Kier alpha value is 1.04. The zero-order valence-corrected chi connectivity index (χ0v) is 46.1. The van der Waals surface area contributed by atoms with Crippen LogP contribution in [0.1, 0.15) is 27.7 Å². The summed E-state index contributed by atoms with van der Waals surface area (Å²) in [5, 5.41) is 34.4. The Morgan fingerprint density at radius 1 is 0.286 bits per heavy atom. The van der Waals surface area contributed by atoms with Gasteiger partial charge in [-0.2, -0.15) is 0 Å². The maximum Gasteiger partial charge on any atom is 2.00 e. The topological polar surface area (TPSA) is 186 Å². The Morgan fingerprint density at radius 3 is 0.514 bits per heavy atom. The summed E-state index contributed by atoms with van der Waals surface area (Å²) in [4.78, 5) is 41.9. The smallest absolute Gasteiger partial charge is 0.481 e. The van der Waals surface area contributed by atoms with Gasteiger partial charge in [0.05, 0.1) is 0 Å². The number of hydrogen-bond acceptors (Lipinski definition) is 8. The van der Waals surface area contributed by atoms with E-state index in [9.17, 15) is 19.2 Å². The van der Waals surface area contributed by atoms with E-state index >= 15 is 0 Å². The molecular formula is C52H56Fe4O12Rh2+8. The van der Waals surface area contributed by atoms with Crippen LogP contribution in [-0.2, 0) is 145 Å². The van der Waals surface area contributed by atoms with Crippen LogP contribution in [0.25, 0.3) is 0 Å². The van der Waals surface area contributed by atoms with Crippen molar-refractivity contribution in [3.8, 4) is 0 Å². The van der Waals surface area contributed by atoms with Gasteiger partial charge in [-0.15, -0.1) is 0 Å². The van der Waals surface area contributed by atoms with E-state index in [0.29, 0.717) is 50.8 Å². The molecule has 4 N–H and O–H groups in total. The molecule has 0 atom stereocenters. The summed E-state index contributed by atoms with van der Waals surface area (Å²) < 4.78 is 20.2. The zero-order valence-electron chi connectivity index (χ0n) is 38.4. The summed E-state index contributed by atoms with van der Waals surface area (Å²) in [6, 6.07) is 0. The minimum atomic E-state index is -0.946. The van der Waals surface area contributed by atoms with Crippen molar-refractivity contribution < 1.29 is 166 Å². The SMILES string of the molecule is CCO[C]1[CH][CH][CH][C]1C(=O)O.CCO[C]1[CH][CH][CH][C]1C(=O)O.CCO[C]1[CH][CH][CH][C]1C(=O)O.CCO[C]1[CH][CH][CH][C]1C(=O)O.[CH]1[CH][CH][CH][CH]1.[CH]1[CH][CH][CH][CH]1.[CH]1[CH][CH][CH][CH]1.[CH]1[CH][CH][CH][CH]1.[Fe+2].[Fe+2].[Fe+2].[Fe+2].[Rh].[Rh]. The maximum atomic E-state index is 10.5. The molecule has 8 aliphatic rings. The molecule has 0 spiro atoms. The Labute approximate surface area is 493 Å². The average Bonchev–Trinajstić information content (AvgIpc) is 4.13. The monoisotopic (exact) mass is 1300 g/mol. The van der Waals surface area contributed by atoms with Gasteiger partial charge in [0.1, 0.15) is 48.1 Å². The summed E-state index contributed by atoms with van der Waals surface area (Å²) in [5.41, 5.74) is 0. The second kappa shape index (κ2) is 56.3. The predicted octanol–water partition coefficient (Wildman–Crippen LogP) is 7.43. The summed E-state index contributed by atoms with van der Waals surface area (Å²) >= 11 is 0. The summed E-state index contributed by atoms with van der Waals surface area (Å²) in [7, 11) is 0. The molecule has 18 heteroatoms. The molecule has 0 bridgehead atoms. The van der Waals surface area contributed by atoms with Crippen molar-refractivity contribution in [2.24, 2.45) is 0 Å². The van der Waals surface area contributed by atoms with Crippen LogP contribution in [-0.4, -0.2) is 70.7 Å². The van der Waals surface area contributed by atoms with Crippen molar-refractivity contribution in [1.82, 2.24) is 0 Å². The van der Waals surface area contributed by atoms with Gasteiger partial charge in [0.2, 0.25) is 0 Å². The fourth-order valence-corrected chi connectivity index (χ4v) is 4.73. The molecule has 0 aliphatic heterocycles. The number of carboxylic acid groups (broad SMARTS) is 4. The number of rotatable bonds is 12. The predicted molar refractivity (Wildman–Crippen MR) is 241 cm³/mol. The minimum Gasteiger partial charge on any atom is -0.481 e. The molecule has 12 nitrogen and oxygen atoms in total. The van der Waals surface area contributed by atoms with Gasteiger partial charge in [-0.3, -0.25) is 19.2 Å². The van der Waals surface area contributed by atoms with Crippen molar-refractivity contribution in [2.75, 3.05) is 26.4 Å². The molecule has 0 saturated heterocycles. The molecular weight excluding hydrogens is 1250 g/mol. The van der Waals surface area contributed by atoms with Crippen molar-refractivity contribution in [1.29, 1.82) is 0 Å². The molecule has 378 valence electrons. The first-order valence-corrected chi connectivity index (χ1v) is 20.2. The number of aliphatic carboxylic acids is 4. The van der Waals surface area contributed by atoms with E-state index in [2.05, 4.69) is 0 Å². The molecule has 8 fully saturated rings. The van der Waals surface area contributed by atoms with Gasteiger partial charge < -0.3 is 39.4 Å². The minimum absolute atomic E-state index is 0. The fraction of sp³-hybridized carbons (Fsp3) is 0.154. The van der Waals surface area contributed by atoms with E-state index in [4.69, 9.17) is 39.4 Å². The Balaban J connectivity index is -0.000000169. The zero-order chi connectivity index (χ0) is 47.2. The molecule has 42 radical (unpaired) electrons. The number of ether oxygens (including phenoxy) is 4. The van der Waals surface area contributed by atoms with E-state index in [1.807, 2.05) is 156 Å². The van der Waals surface area contributed by atoms with E-state index in [1.165, 1.54) is 25.7 Å². The van der Waals surface area contributed by atoms with E-state index in [-0.39, 0.29) is 131 Å². The van der Waals surface area contributed by atoms with Crippen LogP contribution in [0, 0.1) is 254 Å². The first-order valence-electron chi connectivity index (χ1n) is 20.2. The van der Waals surface area contributed by atoms with Crippen LogP contribution in [0.15, 0.2) is 0 Å². The summed E-state index contributed by atoms with van der Waals surface area (Å²) in [6.45, 7) is 9.23. The normalized spacial score (nSPS) is 19.9. The van der Waals surface area contributed by atoms with Crippen LogP contribution >= 0.6 is 0 Å². The molecule has 0 aromatic heterocycles. The Kier molecular flexibility index (Phi) is 66.2. The Bertz CT molecular complexity index is 978. The number of hydrogen-bond donors (Lipinski definition) is 4. The van der Waals surface area contributed by atoms with Crippen LogP contribution in [0.4, 0.5) is 0 Å². The van der Waals surface area contributed by atoms with Gasteiger partial charge in [0.25, 0.3) is 0 Å². The third-order valence-electron chi connectivity index (χ3n) is 7.45. The van der Waals surface area contributed by atoms with Crippen LogP contribution in [0.3, 0.4) is 0 Å². The average molecular weight is 1300 g/mol. The molecule has 8 saturated carbocycles. The molecule has 0 heterocycles. The molecule has 0 unspecified atom stereocenters. The number of carbonyl (C=O) groups is 4. The van der Waals surface area contributed by atoms with Gasteiger partial charge in [0.15, 0.2) is 0 Å². The molecule has 70 heavy (non-hydrogen) atoms. The summed E-state index contributed by atoms with van der Waals surface area (Å²) in [6.07, 6.45) is 61.1. The van der Waals surface area contributed by atoms with Gasteiger partial charge in [0, 0.05) is 91.1 Å². The molecule has 0 aromatic rings. The first kappa shape index (κ1) is 82.4. The molecule has 8 rings (SSSR count). The van der Waals surface area contributed by atoms with Crippen LogP contribution in [0.5, 0.6) is 0 Å². The van der Waals surface area contributed by atoms with Crippen LogP contribution in [0.2, 0.25) is 0 Å². The Morgan fingerprint density at radius 2 is 0.414 bits per heavy atom. The molecule has 0 amide bonds. The first-order chi connectivity index (χ1) is 31.0. The van der Waals surface area contributed by atoms with Gasteiger partial charge in [-0.25, -0.2) is 0 Å². The molecule has 0 aromatic carbocycles.